The third-order valence-electron chi connectivity index (χ3n) is 5.77. The summed E-state index contributed by atoms with van der Waals surface area (Å²) in [6.07, 6.45) is 3.20. The lowest BCUT2D eigenvalue weighted by Gasteiger charge is -2.21. The molecule has 1 aromatic heterocycles. The Hall–Kier alpha value is -2.83. The summed E-state index contributed by atoms with van der Waals surface area (Å²) in [4.78, 5) is 17.6. The summed E-state index contributed by atoms with van der Waals surface area (Å²) in [6, 6.07) is 7.73. The molecule has 0 radical (unpaired) electrons. The molecule has 28 heavy (non-hydrogen) atoms. The molecule has 2 aliphatic rings. The lowest BCUT2D eigenvalue weighted by atomic mass is 9.98. The van der Waals surface area contributed by atoms with E-state index in [2.05, 4.69) is 22.3 Å². The molecule has 2 aromatic rings. The largest absolute Gasteiger partial charge is 0.341 e. The Morgan fingerprint density at radius 3 is 2.57 bits per heavy atom. The Bertz CT molecular complexity index is 971. The smallest absolute Gasteiger partial charge is 0.270 e. The second-order valence-corrected chi connectivity index (χ2v) is 7.67. The second-order valence-electron chi connectivity index (χ2n) is 7.67. The molecule has 1 aliphatic carbocycles. The van der Waals surface area contributed by atoms with Gasteiger partial charge in [-0.25, -0.2) is 13.8 Å². The molecule has 146 valence electrons. The summed E-state index contributed by atoms with van der Waals surface area (Å²) < 4.78 is 26.9. The molecule has 1 amide bonds. The van der Waals surface area contributed by atoms with Gasteiger partial charge in [-0.3, -0.25) is 9.80 Å². The minimum atomic E-state index is -0.909. The van der Waals surface area contributed by atoms with Crippen molar-refractivity contribution in [3.8, 4) is 0 Å². The van der Waals surface area contributed by atoms with Crippen molar-refractivity contribution in [3.63, 3.8) is 0 Å². The van der Waals surface area contributed by atoms with Gasteiger partial charge in [0.1, 0.15) is 5.69 Å². The molecular weight excluding hydrogens is 362 g/mol. The number of pyridine rings is 1. The van der Waals surface area contributed by atoms with Crippen LogP contribution in [0.3, 0.4) is 0 Å². The van der Waals surface area contributed by atoms with E-state index in [-0.39, 0.29) is 17.9 Å². The summed E-state index contributed by atoms with van der Waals surface area (Å²) in [5.74, 6) is -2.10. The molecule has 1 saturated carbocycles. The van der Waals surface area contributed by atoms with Crippen LogP contribution in [-0.4, -0.2) is 35.2 Å². The predicted molar refractivity (Wildman–Crippen MR) is 102 cm³/mol. The molecular formula is C21H22F2N4O. The normalized spacial score (nSPS) is 22.4. The molecule has 0 spiro atoms. The number of carbonyl (C=O) groups excluding carboxylic acids is 1. The number of nitrogens with one attached hydrogen (secondary N) is 1. The van der Waals surface area contributed by atoms with Crippen LogP contribution in [0.25, 0.3) is 0 Å². The first kappa shape index (κ1) is 18.5. The average Bonchev–Trinajstić information content (AvgIpc) is 3.37. The van der Waals surface area contributed by atoms with E-state index >= 15 is 0 Å². The molecule has 1 N–H and O–H groups in total. The molecule has 2 atom stereocenters. The van der Waals surface area contributed by atoms with Gasteiger partial charge in [0.05, 0.1) is 23.2 Å². The molecule has 2 heterocycles. The number of likely N-dealkylation sites (N-methyl/N-ethyl adjacent to an activating group) is 1. The van der Waals surface area contributed by atoms with Crippen molar-refractivity contribution in [2.45, 2.75) is 44.2 Å². The molecule has 0 saturated heterocycles. The first-order chi connectivity index (χ1) is 13.3. The highest BCUT2D eigenvalue weighted by Gasteiger charge is 2.46. The van der Waals surface area contributed by atoms with Gasteiger partial charge in [-0.2, -0.15) is 5.10 Å². The summed E-state index contributed by atoms with van der Waals surface area (Å²) in [7, 11) is 1.90. The molecule has 0 bridgehead atoms. The highest BCUT2D eigenvalue weighted by Crippen LogP contribution is 2.46. The van der Waals surface area contributed by atoms with Crippen LogP contribution in [0.15, 0.2) is 35.4 Å². The SMILES string of the molecule is Cc1ccc(C2C=NN(C)C2C)nc1C(=O)NC1(c2ccc(F)c(F)c2)CC1. The number of hydrogen-bond donors (Lipinski definition) is 1. The fourth-order valence-corrected chi connectivity index (χ4v) is 3.60. The predicted octanol–water partition coefficient (Wildman–Crippen LogP) is 3.49. The van der Waals surface area contributed by atoms with Crippen LogP contribution in [0, 0.1) is 18.6 Å². The maximum absolute atomic E-state index is 13.6. The fourth-order valence-electron chi connectivity index (χ4n) is 3.60. The van der Waals surface area contributed by atoms with Crippen LogP contribution in [0.5, 0.6) is 0 Å². The van der Waals surface area contributed by atoms with Gasteiger partial charge in [0.25, 0.3) is 5.91 Å². The van der Waals surface area contributed by atoms with Gasteiger partial charge in [0, 0.05) is 13.3 Å². The van der Waals surface area contributed by atoms with Gasteiger partial charge in [0.15, 0.2) is 11.6 Å². The highest BCUT2D eigenvalue weighted by molar-refractivity contribution is 5.94. The number of rotatable bonds is 4. The summed E-state index contributed by atoms with van der Waals surface area (Å²) >= 11 is 0. The Balaban J connectivity index is 1.59. The molecule has 1 fully saturated rings. The number of benzene rings is 1. The zero-order valence-electron chi connectivity index (χ0n) is 16.0. The Labute approximate surface area is 162 Å². The molecule has 1 aromatic carbocycles. The monoisotopic (exact) mass is 384 g/mol. The molecule has 7 heteroatoms. The van der Waals surface area contributed by atoms with Crippen molar-refractivity contribution in [1.82, 2.24) is 15.3 Å². The first-order valence-corrected chi connectivity index (χ1v) is 9.33. The maximum Gasteiger partial charge on any atom is 0.270 e. The average molecular weight is 384 g/mol. The van der Waals surface area contributed by atoms with Crippen molar-refractivity contribution in [3.05, 3.63) is 64.5 Å². The van der Waals surface area contributed by atoms with Gasteiger partial charge in [-0.1, -0.05) is 12.1 Å². The van der Waals surface area contributed by atoms with Crippen molar-refractivity contribution in [1.29, 1.82) is 0 Å². The van der Waals surface area contributed by atoms with Crippen LogP contribution in [-0.2, 0) is 5.54 Å². The zero-order valence-corrected chi connectivity index (χ0v) is 16.0. The van der Waals surface area contributed by atoms with Crippen molar-refractivity contribution in [2.24, 2.45) is 5.10 Å². The van der Waals surface area contributed by atoms with Gasteiger partial charge < -0.3 is 5.32 Å². The zero-order chi connectivity index (χ0) is 20.1. The number of aromatic nitrogens is 1. The van der Waals surface area contributed by atoms with Crippen LogP contribution in [0.2, 0.25) is 0 Å². The minimum absolute atomic E-state index is 0.0122. The topological polar surface area (TPSA) is 57.6 Å². The van der Waals surface area contributed by atoms with E-state index in [1.54, 1.807) is 0 Å². The lowest BCUT2D eigenvalue weighted by molar-refractivity contribution is 0.0924. The lowest BCUT2D eigenvalue weighted by Crippen LogP contribution is -2.36. The Morgan fingerprint density at radius 1 is 1.21 bits per heavy atom. The summed E-state index contributed by atoms with van der Waals surface area (Å²) in [6.45, 7) is 3.89. The van der Waals surface area contributed by atoms with E-state index in [9.17, 15) is 13.6 Å². The number of hydrazone groups is 1. The van der Waals surface area contributed by atoms with E-state index in [4.69, 9.17) is 0 Å². The maximum atomic E-state index is 13.6. The number of nitrogens with zero attached hydrogens (tertiary/aromatic N) is 3. The Kier molecular flexibility index (Phi) is 4.40. The molecule has 4 rings (SSSR count). The van der Waals surface area contributed by atoms with Crippen molar-refractivity contribution < 1.29 is 13.6 Å². The third kappa shape index (κ3) is 3.15. The van der Waals surface area contributed by atoms with Crippen molar-refractivity contribution >= 4 is 12.1 Å². The third-order valence-corrected chi connectivity index (χ3v) is 5.77. The highest BCUT2D eigenvalue weighted by atomic mass is 19.2. The quantitative estimate of drug-likeness (QED) is 0.878. The van der Waals surface area contributed by atoms with Gasteiger partial charge >= 0.3 is 0 Å². The number of halogens is 2. The number of hydrogen-bond acceptors (Lipinski definition) is 4. The van der Waals surface area contributed by atoms with Crippen molar-refractivity contribution in [2.75, 3.05) is 7.05 Å². The number of carbonyl (C=O) groups is 1. The van der Waals surface area contributed by atoms with E-state index in [1.807, 2.05) is 37.3 Å². The van der Waals surface area contributed by atoms with Gasteiger partial charge in [-0.15, -0.1) is 0 Å². The number of aryl methyl sites for hydroxylation is 1. The number of amides is 1. The summed E-state index contributed by atoms with van der Waals surface area (Å²) in [5.41, 5.74) is 1.82. The van der Waals surface area contributed by atoms with E-state index in [0.29, 0.717) is 24.1 Å². The Morgan fingerprint density at radius 2 is 1.96 bits per heavy atom. The van der Waals surface area contributed by atoms with Crippen LogP contribution in [0.1, 0.15) is 53.0 Å². The molecule has 1 aliphatic heterocycles. The van der Waals surface area contributed by atoms with Crippen LogP contribution in [0.4, 0.5) is 8.78 Å². The van der Waals surface area contributed by atoms with Gasteiger partial charge in [0.2, 0.25) is 0 Å². The standard InChI is InChI=1S/C21H22F2N4O/c1-12-4-7-18(15-11-24-27(3)13(15)2)25-19(12)20(28)26-21(8-9-21)14-5-6-16(22)17(23)10-14/h4-7,10-11,13,15H,8-9H2,1-3H3,(H,26,28). The van der Waals surface area contributed by atoms with E-state index in [1.165, 1.54) is 6.07 Å². The minimum Gasteiger partial charge on any atom is -0.341 e. The fraction of sp³-hybridized carbons (Fsp3) is 0.381. The van der Waals surface area contributed by atoms with Crippen LogP contribution < -0.4 is 5.32 Å². The molecule has 5 nitrogen and oxygen atoms in total. The van der Waals surface area contributed by atoms with E-state index in [0.717, 1.165) is 23.4 Å². The second kappa shape index (κ2) is 6.65. The van der Waals surface area contributed by atoms with Crippen LogP contribution >= 0.6 is 0 Å². The molecule has 2 unspecified atom stereocenters. The summed E-state index contributed by atoms with van der Waals surface area (Å²) in [5, 5.41) is 9.16. The van der Waals surface area contributed by atoms with Gasteiger partial charge in [-0.05, 0) is 56.0 Å². The van der Waals surface area contributed by atoms with E-state index < -0.39 is 17.2 Å². The first-order valence-electron chi connectivity index (χ1n) is 9.33.